The van der Waals surface area contributed by atoms with E-state index < -0.39 is 22.1 Å². The van der Waals surface area contributed by atoms with Gasteiger partial charge in [0.25, 0.3) is 0 Å². The molecule has 1 aliphatic rings. The molecule has 0 spiro atoms. The highest BCUT2D eigenvalue weighted by molar-refractivity contribution is 7.88. The summed E-state index contributed by atoms with van der Waals surface area (Å²) in [7, 11) is -3.61. The lowest BCUT2D eigenvalue weighted by Gasteiger charge is -2.12. The number of imide groups is 1. The van der Waals surface area contributed by atoms with E-state index in [1.807, 2.05) is 0 Å². The Morgan fingerprint density at radius 1 is 1.46 bits per heavy atom. The predicted octanol–water partition coefficient (Wildman–Crippen LogP) is -0.913. The number of nitrogens with one attached hydrogen (secondary N) is 1. The van der Waals surface area contributed by atoms with Gasteiger partial charge in [0.15, 0.2) is 0 Å². The first-order chi connectivity index (χ1) is 5.84. The normalized spacial score (nSPS) is 18.1. The largest absolute Gasteiger partial charge is 0.344 e. The van der Waals surface area contributed by atoms with Crippen molar-refractivity contribution in [3.63, 3.8) is 0 Å². The summed E-state index contributed by atoms with van der Waals surface area (Å²) in [6, 6.07) is -2.13. The van der Waals surface area contributed by atoms with Crippen LogP contribution in [0.4, 0.5) is 9.59 Å². The molecule has 1 N–H and O–H groups in total. The third-order valence-corrected chi connectivity index (χ3v) is 2.76. The predicted molar refractivity (Wildman–Crippen MR) is 42.1 cm³/mol. The summed E-state index contributed by atoms with van der Waals surface area (Å²) in [6.45, 7) is -0.115. The van der Waals surface area contributed by atoms with Gasteiger partial charge >= 0.3 is 12.1 Å². The molecule has 1 heterocycles. The number of sulfonamides is 1. The Morgan fingerprint density at radius 2 is 2.00 bits per heavy atom. The van der Waals surface area contributed by atoms with Crippen LogP contribution in [-0.4, -0.2) is 49.0 Å². The van der Waals surface area contributed by atoms with Gasteiger partial charge in [0, 0.05) is 0 Å². The van der Waals surface area contributed by atoms with Crippen molar-refractivity contribution in [2.45, 2.75) is 0 Å². The second kappa shape index (κ2) is 2.87. The molecule has 0 aromatic rings. The summed E-state index contributed by atoms with van der Waals surface area (Å²) in [6.07, 6.45) is 0.878. The van der Waals surface area contributed by atoms with Crippen LogP contribution in [0, 0.1) is 0 Å². The molecule has 0 aromatic heterocycles. The van der Waals surface area contributed by atoms with Crippen molar-refractivity contribution in [3.05, 3.63) is 0 Å². The quantitative estimate of drug-likeness (QED) is 0.554. The second-order valence-electron chi connectivity index (χ2n) is 2.57. The highest BCUT2D eigenvalue weighted by Gasteiger charge is 2.37. The molecule has 1 radical (unpaired) electrons. The molecule has 1 aliphatic heterocycles. The molecule has 73 valence electrons. The van der Waals surface area contributed by atoms with Gasteiger partial charge in [0.2, 0.25) is 10.0 Å². The fourth-order valence-electron chi connectivity index (χ4n) is 1.01. The molecule has 1 saturated heterocycles. The highest BCUT2D eigenvalue weighted by atomic mass is 32.2. The Labute approximate surface area is 75.1 Å². The van der Waals surface area contributed by atoms with Crippen molar-refractivity contribution in [1.82, 2.24) is 14.9 Å². The Kier molecular flexibility index (Phi) is 2.16. The fourth-order valence-corrected chi connectivity index (χ4v) is 1.81. The summed E-state index contributed by atoms with van der Waals surface area (Å²) in [5.41, 5.74) is 6.64. The van der Waals surface area contributed by atoms with E-state index in [1.54, 1.807) is 0 Å². The molecule has 0 bridgehead atoms. The lowest BCUT2D eigenvalue weighted by Crippen LogP contribution is -2.38. The van der Waals surface area contributed by atoms with E-state index in [-0.39, 0.29) is 13.1 Å². The number of urea groups is 2. The molecule has 0 unspecified atom stereocenters. The van der Waals surface area contributed by atoms with Crippen LogP contribution in [0.5, 0.6) is 0 Å². The number of nitrogens with zero attached hydrogens (tertiary/aromatic N) is 2. The Hall–Kier alpha value is -1.31. The van der Waals surface area contributed by atoms with E-state index in [9.17, 15) is 18.0 Å². The molecule has 1 fully saturated rings. The number of carbonyl (C=O) groups is 2. The van der Waals surface area contributed by atoms with E-state index in [4.69, 9.17) is 5.73 Å². The van der Waals surface area contributed by atoms with Crippen LogP contribution in [0.2, 0.25) is 0 Å². The maximum absolute atomic E-state index is 11.1. The van der Waals surface area contributed by atoms with E-state index in [0.29, 0.717) is 9.21 Å². The molecule has 4 amide bonds. The Balaban J connectivity index is 2.90. The highest BCUT2D eigenvalue weighted by Crippen LogP contribution is 2.11. The topological polar surface area (TPSA) is 98.6 Å². The molecule has 1 rings (SSSR count). The summed E-state index contributed by atoms with van der Waals surface area (Å²) in [4.78, 5) is 22.2. The van der Waals surface area contributed by atoms with Crippen LogP contribution in [0.15, 0.2) is 0 Å². The number of carbonyl (C=O) groups excluding carboxylic acids is 2. The molecule has 7 nitrogen and oxygen atoms in total. The minimum atomic E-state index is -3.61. The zero-order valence-electron chi connectivity index (χ0n) is 6.85. The van der Waals surface area contributed by atoms with Crippen LogP contribution in [0.3, 0.4) is 0 Å². The first kappa shape index (κ1) is 9.78. The van der Waals surface area contributed by atoms with Crippen molar-refractivity contribution in [1.29, 1.82) is 0 Å². The van der Waals surface area contributed by atoms with Gasteiger partial charge < -0.3 is 0 Å². The molecule has 0 aliphatic carbocycles. The minimum Gasteiger partial charge on any atom is -0.247 e. The first-order valence-corrected chi connectivity index (χ1v) is 5.23. The third kappa shape index (κ3) is 1.72. The Bertz CT molecular complexity index is 349. The molecular weight excluding hydrogens is 198 g/mol. The van der Waals surface area contributed by atoms with E-state index in [1.165, 1.54) is 0 Å². The summed E-state index contributed by atoms with van der Waals surface area (Å²) in [5.74, 6) is 0. The van der Waals surface area contributed by atoms with Crippen molar-refractivity contribution in [2.75, 3.05) is 19.3 Å². The van der Waals surface area contributed by atoms with Crippen LogP contribution in [-0.2, 0) is 10.0 Å². The average molecular weight is 206 g/mol. The molecule has 0 aromatic carbocycles. The van der Waals surface area contributed by atoms with Crippen LogP contribution >= 0.6 is 0 Å². The minimum absolute atomic E-state index is 0.0474. The van der Waals surface area contributed by atoms with E-state index >= 15 is 0 Å². The molecule has 0 saturated carbocycles. The first-order valence-electron chi connectivity index (χ1n) is 3.39. The molecule has 13 heavy (non-hydrogen) atoms. The number of amides is 4. The van der Waals surface area contributed by atoms with Crippen molar-refractivity contribution >= 4 is 22.1 Å². The van der Waals surface area contributed by atoms with E-state index in [0.717, 1.165) is 6.26 Å². The standard InChI is InChI=1S/C5H8N3O4S/c1-13(11,12)8-3-2-7(4(6)9)5(8)10/h6H,2-3H2,1H3. The van der Waals surface area contributed by atoms with Crippen LogP contribution in [0.1, 0.15) is 0 Å². The zero-order valence-corrected chi connectivity index (χ0v) is 7.67. The summed E-state index contributed by atoms with van der Waals surface area (Å²) >= 11 is 0. The van der Waals surface area contributed by atoms with Crippen LogP contribution in [0.25, 0.3) is 0 Å². The lowest BCUT2D eigenvalue weighted by molar-refractivity contribution is 0.198. The molecule has 8 heteroatoms. The summed E-state index contributed by atoms with van der Waals surface area (Å²) < 4.78 is 22.4. The van der Waals surface area contributed by atoms with Crippen molar-refractivity contribution in [2.24, 2.45) is 0 Å². The molecule has 0 atom stereocenters. The van der Waals surface area contributed by atoms with Gasteiger partial charge in [-0.05, 0) is 0 Å². The average Bonchev–Trinajstić information content (AvgIpc) is 2.28. The van der Waals surface area contributed by atoms with Gasteiger partial charge in [-0.15, -0.1) is 0 Å². The maximum atomic E-state index is 11.1. The number of rotatable bonds is 1. The van der Waals surface area contributed by atoms with Gasteiger partial charge in [0.1, 0.15) is 0 Å². The fraction of sp³-hybridized carbons (Fsp3) is 0.600. The smallest absolute Gasteiger partial charge is 0.247 e. The third-order valence-electron chi connectivity index (χ3n) is 1.62. The monoisotopic (exact) mass is 206 g/mol. The van der Waals surface area contributed by atoms with Gasteiger partial charge in [-0.1, -0.05) is 0 Å². The van der Waals surface area contributed by atoms with Crippen molar-refractivity contribution < 1.29 is 18.0 Å². The van der Waals surface area contributed by atoms with Gasteiger partial charge in [0.05, 0.1) is 19.3 Å². The van der Waals surface area contributed by atoms with Gasteiger partial charge in [-0.25, -0.2) is 32.9 Å². The maximum Gasteiger partial charge on any atom is 0.344 e. The van der Waals surface area contributed by atoms with Gasteiger partial charge in [-0.3, -0.25) is 0 Å². The SMILES string of the molecule is CS(=O)(=O)N1CCN(C([NH])=O)C1=O. The Morgan fingerprint density at radius 3 is 2.23 bits per heavy atom. The number of hydrogen-bond donors (Lipinski definition) is 0. The number of hydrogen-bond acceptors (Lipinski definition) is 4. The molecular formula is C5H8N3O4S. The van der Waals surface area contributed by atoms with E-state index in [2.05, 4.69) is 0 Å². The second-order valence-corrected chi connectivity index (χ2v) is 4.48. The van der Waals surface area contributed by atoms with Crippen LogP contribution < -0.4 is 5.73 Å². The zero-order chi connectivity index (χ0) is 10.2. The van der Waals surface area contributed by atoms with Gasteiger partial charge in [-0.2, -0.15) is 0 Å². The lowest BCUT2D eigenvalue weighted by atomic mass is 10.6. The van der Waals surface area contributed by atoms with Crippen molar-refractivity contribution in [3.8, 4) is 0 Å². The summed E-state index contributed by atoms with van der Waals surface area (Å²) in [5, 5.41) is 0.